The van der Waals surface area contributed by atoms with Crippen molar-refractivity contribution in [3.05, 3.63) is 76.2 Å². The Balaban J connectivity index is 1.61. The molecule has 0 radical (unpaired) electrons. The van der Waals surface area contributed by atoms with Crippen LogP contribution in [0.15, 0.2) is 59.4 Å². The summed E-state index contributed by atoms with van der Waals surface area (Å²) in [5.74, 6) is 1.44. The number of benzene rings is 2. The Morgan fingerprint density at radius 2 is 1.93 bits per heavy atom. The molecule has 3 aromatic rings. The first-order chi connectivity index (χ1) is 13.2. The molecular formula is C21H22N2O3S. The number of nitrogens with zero attached hydrogens (tertiary/aromatic N) is 2. The van der Waals surface area contributed by atoms with E-state index in [-0.39, 0.29) is 5.91 Å². The second-order valence-electron chi connectivity index (χ2n) is 6.03. The topological polar surface area (TPSA) is 51.7 Å². The predicted molar refractivity (Wildman–Crippen MR) is 106 cm³/mol. The SMILES string of the molecule is CCOc1ccc(CN(C)C(=O)c2cccc(OCc3cscn3)c2)cc1. The fourth-order valence-corrected chi connectivity index (χ4v) is 3.15. The average Bonchev–Trinajstić information content (AvgIpc) is 3.21. The molecule has 0 aliphatic heterocycles. The zero-order valence-electron chi connectivity index (χ0n) is 15.4. The number of aromatic nitrogens is 1. The molecule has 1 amide bonds. The summed E-state index contributed by atoms with van der Waals surface area (Å²) in [6.45, 7) is 3.51. The second-order valence-corrected chi connectivity index (χ2v) is 6.75. The van der Waals surface area contributed by atoms with Crippen molar-refractivity contribution >= 4 is 17.2 Å². The van der Waals surface area contributed by atoms with Gasteiger partial charge in [-0.25, -0.2) is 4.98 Å². The van der Waals surface area contributed by atoms with Crippen LogP contribution in [-0.4, -0.2) is 29.4 Å². The lowest BCUT2D eigenvalue weighted by molar-refractivity contribution is 0.0784. The van der Waals surface area contributed by atoms with Crippen molar-refractivity contribution in [2.75, 3.05) is 13.7 Å². The van der Waals surface area contributed by atoms with E-state index in [1.807, 2.05) is 48.7 Å². The number of thiazole rings is 1. The quantitative estimate of drug-likeness (QED) is 0.580. The lowest BCUT2D eigenvalue weighted by atomic mass is 10.1. The summed E-state index contributed by atoms with van der Waals surface area (Å²) in [5, 5.41) is 1.94. The molecule has 5 nitrogen and oxygen atoms in total. The normalized spacial score (nSPS) is 10.4. The molecule has 6 heteroatoms. The van der Waals surface area contributed by atoms with Crippen LogP contribution in [-0.2, 0) is 13.2 Å². The highest BCUT2D eigenvalue weighted by molar-refractivity contribution is 7.07. The van der Waals surface area contributed by atoms with Crippen LogP contribution >= 0.6 is 11.3 Å². The molecule has 140 valence electrons. The third-order valence-corrected chi connectivity index (χ3v) is 4.59. The van der Waals surface area contributed by atoms with Crippen LogP contribution in [0.5, 0.6) is 11.5 Å². The average molecular weight is 382 g/mol. The van der Waals surface area contributed by atoms with Crippen LogP contribution < -0.4 is 9.47 Å². The zero-order valence-corrected chi connectivity index (χ0v) is 16.2. The van der Waals surface area contributed by atoms with E-state index in [1.165, 1.54) is 11.3 Å². The molecule has 0 aliphatic rings. The zero-order chi connectivity index (χ0) is 19.1. The van der Waals surface area contributed by atoms with Crippen molar-refractivity contribution in [1.82, 2.24) is 9.88 Å². The van der Waals surface area contributed by atoms with Gasteiger partial charge in [0.2, 0.25) is 0 Å². The molecule has 27 heavy (non-hydrogen) atoms. The van der Waals surface area contributed by atoms with Crippen molar-refractivity contribution in [3.8, 4) is 11.5 Å². The molecule has 0 saturated heterocycles. The van der Waals surface area contributed by atoms with E-state index < -0.39 is 0 Å². The summed E-state index contributed by atoms with van der Waals surface area (Å²) in [4.78, 5) is 18.6. The van der Waals surface area contributed by atoms with Crippen LogP contribution in [0.3, 0.4) is 0 Å². The molecule has 0 aliphatic carbocycles. The van der Waals surface area contributed by atoms with E-state index in [0.717, 1.165) is 17.0 Å². The Bertz CT molecular complexity index is 863. The largest absolute Gasteiger partial charge is 0.494 e. The molecule has 0 N–H and O–H groups in total. The van der Waals surface area contributed by atoms with Crippen molar-refractivity contribution in [1.29, 1.82) is 0 Å². The highest BCUT2D eigenvalue weighted by atomic mass is 32.1. The number of ether oxygens (including phenoxy) is 2. The molecule has 0 fully saturated rings. The molecular weight excluding hydrogens is 360 g/mol. The van der Waals surface area contributed by atoms with Crippen LogP contribution in [0.1, 0.15) is 28.5 Å². The summed E-state index contributed by atoms with van der Waals surface area (Å²) in [6, 6.07) is 15.0. The summed E-state index contributed by atoms with van der Waals surface area (Å²) in [6.07, 6.45) is 0. The smallest absolute Gasteiger partial charge is 0.254 e. The number of rotatable bonds is 8. The number of carbonyl (C=O) groups is 1. The Hall–Kier alpha value is -2.86. The number of hydrogen-bond acceptors (Lipinski definition) is 5. The van der Waals surface area contributed by atoms with Gasteiger partial charge in [-0.1, -0.05) is 18.2 Å². The van der Waals surface area contributed by atoms with Gasteiger partial charge < -0.3 is 14.4 Å². The lowest BCUT2D eigenvalue weighted by Gasteiger charge is -2.18. The molecule has 2 aromatic carbocycles. The summed E-state index contributed by atoms with van der Waals surface area (Å²) in [5.41, 5.74) is 4.29. The van der Waals surface area contributed by atoms with Gasteiger partial charge in [-0.15, -0.1) is 11.3 Å². The summed E-state index contributed by atoms with van der Waals surface area (Å²) in [7, 11) is 1.79. The van der Waals surface area contributed by atoms with Crippen LogP contribution in [0, 0.1) is 0 Å². The second kappa shape index (κ2) is 9.19. The maximum Gasteiger partial charge on any atom is 0.254 e. The molecule has 0 atom stereocenters. The number of hydrogen-bond donors (Lipinski definition) is 0. The molecule has 1 aromatic heterocycles. The van der Waals surface area contributed by atoms with E-state index in [9.17, 15) is 4.79 Å². The third-order valence-electron chi connectivity index (χ3n) is 3.95. The van der Waals surface area contributed by atoms with Gasteiger partial charge in [-0.3, -0.25) is 4.79 Å². The van der Waals surface area contributed by atoms with Gasteiger partial charge in [0.25, 0.3) is 5.91 Å². The minimum absolute atomic E-state index is 0.0528. The highest BCUT2D eigenvalue weighted by Gasteiger charge is 2.13. The van der Waals surface area contributed by atoms with Gasteiger partial charge in [0.15, 0.2) is 0 Å². The van der Waals surface area contributed by atoms with Crippen LogP contribution in [0.25, 0.3) is 0 Å². The van der Waals surface area contributed by atoms with E-state index in [4.69, 9.17) is 9.47 Å². The van der Waals surface area contributed by atoms with Crippen molar-refractivity contribution < 1.29 is 14.3 Å². The molecule has 3 rings (SSSR count). The minimum atomic E-state index is -0.0528. The maximum atomic E-state index is 12.7. The van der Waals surface area contributed by atoms with E-state index in [2.05, 4.69) is 4.98 Å². The maximum absolute atomic E-state index is 12.7. The summed E-state index contributed by atoms with van der Waals surface area (Å²) >= 11 is 1.53. The third kappa shape index (κ3) is 5.31. The van der Waals surface area contributed by atoms with Gasteiger partial charge in [0.1, 0.15) is 18.1 Å². The fourth-order valence-electron chi connectivity index (χ4n) is 2.61. The first-order valence-corrected chi connectivity index (χ1v) is 9.67. The minimum Gasteiger partial charge on any atom is -0.494 e. The van der Waals surface area contributed by atoms with Crippen molar-refractivity contribution in [3.63, 3.8) is 0 Å². The van der Waals surface area contributed by atoms with Gasteiger partial charge in [-0.2, -0.15) is 0 Å². The van der Waals surface area contributed by atoms with Gasteiger partial charge in [0, 0.05) is 24.5 Å². The van der Waals surface area contributed by atoms with Gasteiger partial charge in [0.05, 0.1) is 17.8 Å². The number of carbonyl (C=O) groups excluding carboxylic acids is 1. The first-order valence-electron chi connectivity index (χ1n) is 8.73. The number of amides is 1. The van der Waals surface area contributed by atoms with Crippen molar-refractivity contribution in [2.24, 2.45) is 0 Å². The molecule has 0 spiro atoms. The van der Waals surface area contributed by atoms with Crippen molar-refractivity contribution in [2.45, 2.75) is 20.1 Å². The highest BCUT2D eigenvalue weighted by Crippen LogP contribution is 2.18. The van der Waals surface area contributed by atoms with Crippen LogP contribution in [0.4, 0.5) is 0 Å². The van der Waals surface area contributed by atoms with Crippen LogP contribution in [0.2, 0.25) is 0 Å². The first kappa shape index (κ1) is 18.9. The standard InChI is InChI=1S/C21H22N2O3S/c1-3-25-19-9-7-16(8-10-19)12-23(2)21(24)17-5-4-6-20(11-17)26-13-18-14-27-15-22-18/h4-11,14-15H,3,12-13H2,1-2H3. The summed E-state index contributed by atoms with van der Waals surface area (Å²) < 4.78 is 11.2. The molecule has 0 unspecified atom stereocenters. The van der Waals surface area contributed by atoms with Gasteiger partial charge in [-0.05, 0) is 42.8 Å². The Morgan fingerprint density at radius 1 is 1.11 bits per heavy atom. The van der Waals surface area contributed by atoms with E-state index >= 15 is 0 Å². The fraction of sp³-hybridized carbons (Fsp3) is 0.238. The molecule has 0 saturated carbocycles. The van der Waals surface area contributed by atoms with E-state index in [0.29, 0.717) is 31.1 Å². The molecule has 0 bridgehead atoms. The lowest BCUT2D eigenvalue weighted by Crippen LogP contribution is -2.26. The predicted octanol–water partition coefficient (Wildman–Crippen LogP) is 4.39. The molecule has 1 heterocycles. The monoisotopic (exact) mass is 382 g/mol. The Kier molecular flexibility index (Phi) is 6.44. The Morgan fingerprint density at radius 3 is 2.63 bits per heavy atom. The Labute approximate surface area is 163 Å². The van der Waals surface area contributed by atoms with E-state index in [1.54, 1.807) is 29.6 Å². The van der Waals surface area contributed by atoms with Gasteiger partial charge >= 0.3 is 0 Å².